The van der Waals surface area contributed by atoms with E-state index in [0.717, 1.165) is 37.9 Å². The number of hydrogen-bond acceptors (Lipinski definition) is 4. The highest BCUT2D eigenvalue weighted by molar-refractivity contribution is 7.87. The van der Waals surface area contributed by atoms with Crippen LogP contribution in [-0.4, -0.2) is 63.6 Å². The Morgan fingerprint density at radius 3 is 2.32 bits per heavy atom. The van der Waals surface area contributed by atoms with Gasteiger partial charge in [-0.2, -0.15) is 12.7 Å². The standard InChI is InChI=1S/C18H29N3O3S/c1-16-5-7-17(8-6-16)18(20-11-13-24-14-12-20)15-19-25(22,23)21-9-3-2-4-10-21/h5-8,18-19H,2-4,9-15H2,1H3. The van der Waals surface area contributed by atoms with Crippen molar-refractivity contribution < 1.29 is 13.2 Å². The van der Waals surface area contributed by atoms with Crippen molar-refractivity contribution in [2.75, 3.05) is 45.9 Å². The van der Waals surface area contributed by atoms with Crippen molar-refractivity contribution in [1.82, 2.24) is 13.9 Å². The van der Waals surface area contributed by atoms with Crippen molar-refractivity contribution in [2.24, 2.45) is 0 Å². The normalized spacial score (nSPS) is 22.0. The van der Waals surface area contributed by atoms with E-state index in [2.05, 4.69) is 40.8 Å². The Bertz CT molecular complexity index is 636. The molecule has 2 heterocycles. The summed E-state index contributed by atoms with van der Waals surface area (Å²) in [6.45, 7) is 6.75. The molecule has 1 N–H and O–H groups in total. The molecule has 7 heteroatoms. The van der Waals surface area contributed by atoms with Crippen LogP contribution in [0.1, 0.15) is 36.4 Å². The molecule has 2 fully saturated rings. The summed E-state index contributed by atoms with van der Waals surface area (Å²) < 4.78 is 35.2. The van der Waals surface area contributed by atoms with Crippen LogP contribution in [0.25, 0.3) is 0 Å². The Kier molecular flexibility index (Phi) is 6.46. The van der Waals surface area contributed by atoms with Crippen molar-refractivity contribution in [3.05, 3.63) is 35.4 Å². The Morgan fingerprint density at radius 1 is 1.04 bits per heavy atom. The second kappa shape index (κ2) is 8.60. The maximum Gasteiger partial charge on any atom is 0.279 e. The van der Waals surface area contributed by atoms with Crippen LogP contribution in [0.4, 0.5) is 0 Å². The maximum absolute atomic E-state index is 12.6. The predicted molar refractivity (Wildman–Crippen MR) is 98.7 cm³/mol. The third kappa shape index (κ3) is 5.01. The van der Waals surface area contributed by atoms with E-state index in [1.807, 2.05) is 0 Å². The van der Waals surface area contributed by atoms with Gasteiger partial charge in [-0.1, -0.05) is 36.2 Å². The molecule has 1 aromatic rings. The van der Waals surface area contributed by atoms with Gasteiger partial charge in [0.1, 0.15) is 0 Å². The van der Waals surface area contributed by atoms with E-state index < -0.39 is 10.2 Å². The molecule has 2 saturated heterocycles. The number of benzene rings is 1. The average molecular weight is 368 g/mol. The highest BCUT2D eigenvalue weighted by Gasteiger charge is 2.28. The molecule has 1 atom stereocenters. The number of nitrogens with zero attached hydrogens (tertiary/aromatic N) is 2. The molecule has 2 aliphatic rings. The average Bonchev–Trinajstić information content (AvgIpc) is 2.65. The minimum atomic E-state index is -3.41. The molecule has 25 heavy (non-hydrogen) atoms. The molecule has 2 aliphatic heterocycles. The Morgan fingerprint density at radius 2 is 1.68 bits per heavy atom. The van der Waals surface area contributed by atoms with Crippen LogP contribution in [0.15, 0.2) is 24.3 Å². The van der Waals surface area contributed by atoms with Crippen LogP contribution >= 0.6 is 0 Å². The smallest absolute Gasteiger partial charge is 0.279 e. The third-order valence-electron chi connectivity index (χ3n) is 5.06. The summed E-state index contributed by atoms with van der Waals surface area (Å²) in [5.74, 6) is 0. The number of aryl methyl sites for hydroxylation is 1. The summed E-state index contributed by atoms with van der Waals surface area (Å²) in [6.07, 6.45) is 3.02. The number of piperidine rings is 1. The zero-order chi connectivity index (χ0) is 17.7. The molecule has 6 nitrogen and oxygen atoms in total. The lowest BCUT2D eigenvalue weighted by atomic mass is 10.0. The van der Waals surface area contributed by atoms with Gasteiger partial charge in [0.15, 0.2) is 0 Å². The summed E-state index contributed by atoms with van der Waals surface area (Å²) in [6, 6.07) is 8.41. The number of morpholine rings is 1. The lowest BCUT2D eigenvalue weighted by Crippen LogP contribution is -2.48. The first kappa shape index (κ1) is 18.8. The van der Waals surface area contributed by atoms with Crippen LogP contribution in [-0.2, 0) is 14.9 Å². The van der Waals surface area contributed by atoms with Crippen LogP contribution in [0, 0.1) is 6.92 Å². The number of ether oxygens (including phenoxy) is 1. The van der Waals surface area contributed by atoms with Gasteiger partial charge in [-0.3, -0.25) is 4.90 Å². The van der Waals surface area contributed by atoms with Gasteiger partial charge in [-0.25, -0.2) is 4.72 Å². The summed E-state index contributed by atoms with van der Waals surface area (Å²) in [5.41, 5.74) is 2.35. The molecule has 0 aliphatic carbocycles. The molecular formula is C18H29N3O3S. The largest absolute Gasteiger partial charge is 0.379 e. The van der Waals surface area contributed by atoms with Gasteiger partial charge >= 0.3 is 0 Å². The van der Waals surface area contributed by atoms with E-state index in [0.29, 0.717) is 32.8 Å². The Hall–Kier alpha value is -0.990. The van der Waals surface area contributed by atoms with Gasteiger partial charge < -0.3 is 4.74 Å². The van der Waals surface area contributed by atoms with Gasteiger partial charge in [0.25, 0.3) is 10.2 Å². The van der Waals surface area contributed by atoms with Gasteiger partial charge in [-0.05, 0) is 25.3 Å². The topological polar surface area (TPSA) is 61.9 Å². The summed E-state index contributed by atoms with van der Waals surface area (Å²) in [5, 5.41) is 0. The minimum Gasteiger partial charge on any atom is -0.379 e. The first-order chi connectivity index (χ1) is 12.1. The van der Waals surface area contributed by atoms with Gasteiger partial charge in [0, 0.05) is 38.8 Å². The van der Waals surface area contributed by atoms with Crippen molar-refractivity contribution >= 4 is 10.2 Å². The van der Waals surface area contributed by atoms with Gasteiger partial charge in [-0.15, -0.1) is 0 Å². The summed E-state index contributed by atoms with van der Waals surface area (Å²) in [4.78, 5) is 2.31. The molecule has 0 amide bonds. The number of rotatable bonds is 6. The highest BCUT2D eigenvalue weighted by Crippen LogP contribution is 2.22. The Labute approximate surface area is 151 Å². The monoisotopic (exact) mass is 367 g/mol. The SMILES string of the molecule is Cc1ccc(C(CNS(=O)(=O)N2CCCCC2)N2CCOCC2)cc1. The molecule has 140 valence electrons. The number of nitrogens with one attached hydrogen (secondary N) is 1. The minimum absolute atomic E-state index is 0.0315. The highest BCUT2D eigenvalue weighted by atomic mass is 32.2. The first-order valence-electron chi connectivity index (χ1n) is 9.19. The fraction of sp³-hybridized carbons (Fsp3) is 0.667. The lowest BCUT2D eigenvalue weighted by molar-refractivity contribution is 0.0171. The fourth-order valence-corrected chi connectivity index (χ4v) is 4.81. The Balaban J connectivity index is 1.71. The second-order valence-electron chi connectivity index (χ2n) is 6.89. The van der Waals surface area contributed by atoms with Gasteiger partial charge in [0.2, 0.25) is 0 Å². The quantitative estimate of drug-likeness (QED) is 0.831. The summed E-state index contributed by atoms with van der Waals surface area (Å²) >= 11 is 0. The molecule has 1 unspecified atom stereocenters. The molecule has 0 spiro atoms. The van der Waals surface area contributed by atoms with Crippen molar-refractivity contribution in [3.8, 4) is 0 Å². The van der Waals surface area contributed by atoms with E-state index >= 15 is 0 Å². The van der Waals surface area contributed by atoms with E-state index in [1.54, 1.807) is 4.31 Å². The van der Waals surface area contributed by atoms with E-state index in [-0.39, 0.29) is 6.04 Å². The molecule has 3 rings (SSSR count). The maximum atomic E-state index is 12.6. The van der Waals surface area contributed by atoms with E-state index in [4.69, 9.17) is 4.74 Å². The molecule has 0 bridgehead atoms. The fourth-order valence-electron chi connectivity index (χ4n) is 3.52. The van der Waals surface area contributed by atoms with Crippen LogP contribution in [0.2, 0.25) is 0 Å². The predicted octanol–water partition coefficient (Wildman–Crippen LogP) is 1.69. The molecular weight excluding hydrogens is 338 g/mol. The first-order valence-corrected chi connectivity index (χ1v) is 10.6. The van der Waals surface area contributed by atoms with Gasteiger partial charge in [0.05, 0.1) is 13.2 Å². The molecule has 0 saturated carbocycles. The summed E-state index contributed by atoms with van der Waals surface area (Å²) in [7, 11) is -3.41. The molecule has 1 aromatic carbocycles. The van der Waals surface area contributed by atoms with Crippen LogP contribution in [0.5, 0.6) is 0 Å². The van der Waals surface area contributed by atoms with E-state index in [1.165, 1.54) is 5.56 Å². The van der Waals surface area contributed by atoms with Crippen molar-refractivity contribution in [2.45, 2.75) is 32.2 Å². The third-order valence-corrected chi connectivity index (χ3v) is 6.64. The lowest BCUT2D eigenvalue weighted by Gasteiger charge is -2.35. The molecule has 0 aromatic heterocycles. The van der Waals surface area contributed by atoms with E-state index in [9.17, 15) is 8.42 Å². The zero-order valence-corrected chi connectivity index (χ0v) is 15.8. The zero-order valence-electron chi connectivity index (χ0n) is 15.0. The van der Waals surface area contributed by atoms with Crippen LogP contribution in [0.3, 0.4) is 0 Å². The molecule has 0 radical (unpaired) electrons. The second-order valence-corrected chi connectivity index (χ2v) is 8.64. The van der Waals surface area contributed by atoms with Crippen molar-refractivity contribution in [1.29, 1.82) is 0 Å². The van der Waals surface area contributed by atoms with Crippen molar-refractivity contribution in [3.63, 3.8) is 0 Å². The number of hydrogen-bond donors (Lipinski definition) is 1. The van der Waals surface area contributed by atoms with Crippen LogP contribution < -0.4 is 4.72 Å².